The van der Waals surface area contributed by atoms with Crippen LogP contribution in [0.25, 0.3) is 0 Å². The van der Waals surface area contributed by atoms with Crippen LogP contribution in [0.5, 0.6) is 11.5 Å². The summed E-state index contributed by atoms with van der Waals surface area (Å²) in [5, 5.41) is 23.8. The second kappa shape index (κ2) is 13.6. The SMILES string of the molecule is C=C/C(=C\C=C/C)C(=O)NCC(=O)NCCc1ccc(O)c(O)c1.CS. The molecule has 0 saturated heterocycles. The van der Waals surface area contributed by atoms with Crippen molar-refractivity contribution in [3.63, 3.8) is 0 Å². The van der Waals surface area contributed by atoms with Crippen LogP contribution in [0.3, 0.4) is 0 Å². The van der Waals surface area contributed by atoms with Gasteiger partial charge >= 0.3 is 0 Å². The van der Waals surface area contributed by atoms with Crippen molar-refractivity contribution >= 4 is 24.4 Å². The Morgan fingerprint density at radius 2 is 1.88 bits per heavy atom. The summed E-state index contributed by atoms with van der Waals surface area (Å²) in [5.74, 6) is -1.08. The van der Waals surface area contributed by atoms with Crippen LogP contribution >= 0.6 is 12.6 Å². The first kappa shape index (κ1) is 23.3. The van der Waals surface area contributed by atoms with Crippen LogP contribution in [0.15, 0.2) is 54.7 Å². The Balaban J connectivity index is 0.00000301. The average Bonchev–Trinajstić information content (AvgIpc) is 2.65. The zero-order valence-electron chi connectivity index (χ0n) is 15.0. The number of thiol groups is 1. The molecule has 1 rings (SSSR count). The predicted octanol–water partition coefficient (Wildman–Crippen LogP) is 2.11. The number of nitrogens with one attached hydrogen (secondary N) is 2. The van der Waals surface area contributed by atoms with E-state index in [-0.39, 0.29) is 29.9 Å². The van der Waals surface area contributed by atoms with Crippen LogP contribution in [-0.4, -0.2) is 41.4 Å². The number of phenolic OH excluding ortho intramolecular Hbond substituents is 2. The summed E-state index contributed by atoms with van der Waals surface area (Å²) in [5.41, 5.74) is 1.15. The summed E-state index contributed by atoms with van der Waals surface area (Å²) in [6.07, 6.45) is 8.71. The number of benzene rings is 1. The summed E-state index contributed by atoms with van der Waals surface area (Å²) < 4.78 is 0. The first-order valence-electron chi connectivity index (χ1n) is 7.93. The highest BCUT2D eigenvalue weighted by molar-refractivity contribution is 7.79. The van der Waals surface area contributed by atoms with Crippen molar-refractivity contribution in [2.45, 2.75) is 13.3 Å². The van der Waals surface area contributed by atoms with E-state index in [2.05, 4.69) is 29.8 Å². The average molecular weight is 378 g/mol. The minimum absolute atomic E-state index is 0.138. The van der Waals surface area contributed by atoms with Gasteiger partial charge in [0, 0.05) is 12.1 Å². The molecule has 0 aliphatic carbocycles. The van der Waals surface area contributed by atoms with Gasteiger partial charge in [-0.3, -0.25) is 9.59 Å². The van der Waals surface area contributed by atoms with Crippen LogP contribution < -0.4 is 10.6 Å². The van der Waals surface area contributed by atoms with E-state index in [9.17, 15) is 19.8 Å². The lowest BCUT2D eigenvalue weighted by atomic mass is 10.1. The van der Waals surface area contributed by atoms with Crippen molar-refractivity contribution in [3.05, 3.63) is 60.2 Å². The van der Waals surface area contributed by atoms with E-state index < -0.39 is 0 Å². The fourth-order valence-electron chi connectivity index (χ4n) is 1.83. The Bertz CT molecular complexity index is 670. The number of carbonyl (C=O) groups is 2. The number of allylic oxidation sites excluding steroid dienone is 3. The van der Waals surface area contributed by atoms with E-state index in [0.717, 1.165) is 5.56 Å². The number of hydrogen-bond acceptors (Lipinski definition) is 5. The van der Waals surface area contributed by atoms with E-state index in [1.54, 1.807) is 30.6 Å². The highest BCUT2D eigenvalue weighted by Crippen LogP contribution is 2.24. The molecule has 26 heavy (non-hydrogen) atoms. The minimum Gasteiger partial charge on any atom is -0.504 e. The van der Waals surface area contributed by atoms with E-state index in [1.165, 1.54) is 18.2 Å². The summed E-state index contributed by atoms with van der Waals surface area (Å²) in [7, 11) is 0. The topological polar surface area (TPSA) is 98.7 Å². The Kier molecular flexibility index (Phi) is 12.2. The van der Waals surface area contributed by atoms with Crippen molar-refractivity contribution in [1.82, 2.24) is 10.6 Å². The molecular weight excluding hydrogens is 352 g/mol. The summed E-state index contributed by atoms with van der Waals surface area (Å²) in [4.78, 5) is 23.5. The Hall–Kier alpha value is -2.67. The number of carbonyl (C=O) groups excluding carboxylic acids is 2. The predicted molar refractivity (Wildman–Crippen MR) is 107 cm³/mol. The molecule has 2 amide bonds. The van der Waals surface area contributed by atoms with Gasteiger partial charge in [0.1, 0.15) is 0 Å². The highest BCUT2D eigenvalue weighted by Gasteiger charge is 2.08. The number of rotatable bonds is 8. The fraction of sp³-hybridized carbons (Fsp3) is 0.263. The number of phenols is 2. The standard InChI is InChI=1S/C18H22N2O4.CH4S/c1-3-5-6-14(4-2)18(24)20-12-17(23)19-10-9-13-7-8-15(21)16(22)11-13;1-2/h3-8,11,21-22H,2,9-10,12H2,1H3,(H,19,23)(H,20,24);2H,1H3/b5-3-,14-6+;. The second-order valence-electron chi connectivity index (χ2n) is 4.96. The monoisotopic (exact) mass is 378 g/mol. The summed E-state index contributed by atoms with van der Waals surface area (Å²) >= 11 is 3.53. The molecule has 7 heteroatoms. The molecule has 0 aliphatic rings. The van der Waals surface area contributed by atoms with Crippen molar-refractivity contribution in [3.8, 4) is 11.5 Å². The zero-order valence-corrected chi connectivity index (χ0v) is 15.9. The maximum absolute atomic E-state index is 11.8. The lowest BCUT2D eigenvalue weighted by Gasteiger charge is -2.08. The van der Waals surface area contributed by atoms with Crippen molar-refractivity contribution in [1.29, 1.82) is 0 Å². The van der Waals surface area contributed by atoms with Crippen molar-refractivity contribution in [2.24, 2.45) is 0 Å². The van der Waals surface area contributed by atoms with E-state index in [4.69, 9.17) is 0 Å². The molecule has 0 unspecified atom stereocenters. The smallest absolute Gasteiger partial charge is 0.251 e. The van der Waals surface area contributed by atoms with Gasteiger partial charge in [0.05, 0.1) is 6.54 Å². The van der Waals surface area contributed by atoms with Gasteiger partial charge in [0.2, 0.25) is 5.91 Å². The normalized spacial score (nSPS) is 10.7. The molecule has 1 aromatic rings. The maximum Gasteiger partial charge on any atom is 0.251 e. The lowest BCUT2D eigenvalue weighted by Crippen LogP contribution is -2.38. The quantitative estimate of drug-likeness (QED) is 0.207. The van der Waals surface area contributed by atoms with Gasteiger partial charge in [-0.2, -0.15) is 12.6 Å². The zero-order chi connectivity index (χ0) is 19.9. The van der Waals surface area contributed by atoms with E-state index >= 15 is 0 Å². The maximum atomic E-state index is 11.8. The molecule has 0 aromatic heterocycles. The third kappa shape index (κ3) is 8.98. The van der Waals surface area contributed by atoms with Gasteiger partial charge in [-0.15, -0.1) is 0 Å². The largest absolute Gasteiger partial charge is 0.504 e. The van der Waals surface area contributed by atoms with Crippen molar-refractivity contribution in [2.75, 3.05) is 19.3 Å². The Labute approximate surface area is 159 Å². The molecular formula is C19H26N2O4S. The molecule has 0 bridgehead atoms. The van der Waals surface area contributed by atoms with Gasteiger partial charge < -0.3 is 20.8 Å². The molecule has 0 radical (unpaired) electrons. The van der Waals surface area contributed by atoms with Crippen LogP contribution in [0, 0.1) is 0 Å². The first-order valence-corrected chi connectivity index (χ1v) is 8.83. The molecule has 0 fully saturated rings. The van der Waals surface area contributed by atoms with Gasteiger partial charge in [-0.05, 0) is 43.4 Å². The van der Waals surface area contributed by atoms with Crippen LogP contribution in [-0.2, 0) is 16.0 Å². The molecule has 1 aromatic carbocycles. The van der Waals surface area contributed by atoms with E-state index in [0.29, 0.717) is 18.5 Å². The second-order valence-corrected chi connectivity index (χ2v) is 4.96. The third-order valence-corrected chi connectivity index (χ3v) is 3.14. The minimum atomic E-state index is -0.373. The van der Waals surface area contributed by atoms with Crippen molar-refractivity contribution < 1.29 is 19.8 Å². The Morgan fingerprint density at radius 1 is 1.19 bits per heavy atom. The van der Waals surface area contributed by atoms with Gasteiger partial charge in [-0.1, -0.05) is 30.9 Å². The number of hydrogen-bond donors (Lipinski definition) is 5. The molecule has 4 N–H and O–H groups in total. The van der Waals surface area contributed by atoms with Gasteiger partial charge in [0.25, 0.3) is 5.91 Å². The number of amides is 2. The molecule has 0 aliphatic heterocycles. The van der Waals surface area contributed by atoms with Crippen LogP contribution in [0.4, 0.5) is 0 Å². The van der Waals surface area contributed by atoms with Crippen LogP contribution in [0.2, 0.25) is 0 Å². The summed E-state index contributed by atoms with van der Waals surface area (Å²) in [6.45, 7) is 5.60. The van der Waals surface area contributed by atoms with E-state index in [1.807, 2.05) is 6.92 Å². The Morgan fingerprint density at radius 3 is 2.46 bits per heavy atom. The highest BCUT2D eigenvalue weighted by atomic mass is 32.1. The lowest BCUT2D eigenvalue weighted by molar-refractivity contribution is -0.124. The fourth-order valence-corrected chi connectivity index (χ4v) is 1.83. The van der Waals surface area contributed by atoms with Gasteiger partial charge in [0.15, 0.2) is 11.5 Å². The molecule has 0 spiro atoms. The summed E-state index contributed by atoms with van der Waals surface area (Å²) in [6, 6.07) is 4.48. The molecule has 6 nitrogen and oxygen atoms in total. The number of aromatic hydroxyl groups is 2. The van der Waals surface area contributed by atoms with Gasteiger partial charge in [-0.25, -0.2) is 0 Å². The molecule has 0 saturated carbocycles. The first-order chi connectivity index (χ1) is 12.5. The third-order valence-electron chi connectivity index (χ3n) is 3.14. The molecule has 0 heterocycles. The molecule has 0 atom stereocenters. The van der Waals surface area contributed by atoms with Crippen LogP contribution in [0.1, 0.15) is 12.5 Å². The molecule has 142 valence electrons.